The van der Waals surface area contributed by atoms with Crippen LogP contribution in [0.15, 0.2) is 22.7 Å². The molecule has 0 aliphatic carbocycles. The number of rotatable bonds is 3. The Morgan fingerprint density at radius 1 is 1.45 bits per heavy atom. The monoisotopic (exact) mass is 358 g/mol. The molecule has 0 unspecified atom stereocenters. The molecule has 0 atom stereocenters. The molecule has 1 aromatic carbocycles. The number of nitro benzene ring substituents is 1. The first-order valence-electron chi connectivity index (χ1n) is 6.66. The quantitative estimate of drug-likeness (QED) is 0.603. The maximum atomic E-state index is 11.0. The summed E-state index contributed by atoms with van der Waals surface area (Å²) in [4.78, 5) is 13.0. The van der Waals surface area contributed by atoms with Crippen molar-refractivity contribution in [1.82, 2.24) is 4.90 Å². The number of thioether (sulfide) groups is 1. The molecular weight excluding hydrogens is 340 g/mol. The van der Waals surface area contributed by atoms with Gasteiger partial charge in [-0.05, 0) is 40.5 Å². The fourth-order valence-corrected chi connectivity index (χ4v) is 3.80. The van der Waals surface area contributed by atoms with E-state index in [1.54, 1.807) is 12.1 Å². The standard InChI is InChI=1S/C14H19BrN2O2S/c1-14(2)5-6-16(7-8-20-14)10-11-3-4-12(15)13(9-11)17(18)19/h3-4,9H,5-8,10H2,1-2H3. The highest BCUT2D eigenvalue weighted by atomic mass is 79.9. The van der Waals surface area contributed by atoms with E-state index in [9.17, 15) is 10.1 Å². The van der Waals surface area contributed by atoms with Gasteiger partial charge < -0.3 is 0 Å². The minimum atomic E-state index is -0.338. The molecule has 110 valence electrons. The van der Waals surface area contributed by atoms with Gasteiger partial charge in [0.1, 0.15) is 0 Å². The highest BCUT2D eigenvalue weighted by Gasteiger charge is 2.24. The molecule has 1 aliphatic heterocycles. The molecule has 0 saturated carbocycles. The van der Waals surface area contributed by atoms with Crippen LogP contribution in [0, 0.1) is 10.1 Å². The zero-order valence-corrected chi connectivity index (χ0v) is 14.2. The lowest BCUT2D eigenvalue weighted by molar-refractivity contribution is -0.385. The minimum Gasteiger partial charge on any atom is -0.298 e. The van der Waals surface area contributed by atoms with E-state index in [0.29, 0.717) is 9.22 Å². The van der Waals surface area contributed by atoms with Crippen molar-refractivity contribution in [3.63, 3.8) is 0 Å². The zero-order chi connectivity index (χ0) is 14.8. The summed E-state index contributed by atoms with van der Waals surface area (Å²) in [6, 6.07) is 5.40. The van der Waals surface area contributed by atoms with Crippen LogP contribution in [0.25, 0.3) is 0 Å². The molecule has 1 aliphatic rings. The lowest BCUT2D eigenvalue weighted by Gasteiger charge is -2.22. The number of hydrogen-bond donors (Lipinski definition) is 0. The largest absolute Gasteiger partial charge is 0.298 e. The second-order valence-electron chi connectivity index (χ2n) is 5.68. The first-order chi connectivity index (χ1) is 9.37. The number of halogens is 1. The average Bonchev–Trinajstić information content (AvgIpc) is 2.53. The van der Waals surface area contributed by atoms with Gasteiger partial charge in [0, 0.05) is 29.7 Å². The Hall–Kier alpha value is -0.590. The van der Waals surface area contributed by atoms with Crippen molar-refractivity contribution < 1.29 is 4.92 Å². The van der Waals surface area contributed by atoms with E-state index in [1.807, 2.05) is 17.8 Å². The van der Waals surface area contributed by atoms with Gasteiger partial charge in [0.25, 0.3) is 5.69 Å². The Kier molecular flexibility index (Phi) is 5.09. The summed E-state index contributed by atoms with van der Waals surface area (Å²) in [5, 5.41) is 11.0. The zero-order valence-electron chi connectivity index (χ0n) is 11.8. The number of hydrogen-bond acceptors (Lipinski definition) is 4. The van der Waals surface area contributed by atoms with Crippen molar-refractivity contribution in [2.75, 3.05) is 18.8 Å². The summed E-state index contributed by atoms with van der Waals surface area (Å²) < 4.78 is 0.874. The fourth-order valence-electron chi connectivity index (χ4n) is 2.28. The second-order valence-corrected chi connectivity index (χ2v) is 8.33. The van der Waals surface area contributed by atoms with Crippen LogP contribution in [-0.4, -0.2) is 33.4 Å². The van der Waals surface area contributed by atoms with Crippen LogP contribution >= 0.6 is 27.7 Å². The maximum absolute atomic E-state index is 11.0. The van der Waals surface area contributed by atoms with Crippen molar-refractivity contribution in [2.45, 2.75) is 31.6 Å². The Bertz CT molecular complexity index is 508. The summed E-state index contributed by atoms with van der Waals surface area (Å²) in [6.45, 7) is 7.43. The van der Waals surface area contributed by atoms with E-state index >= 15 is 0 Å². The van der Waals surface area contributed by atoms with Crippen molar-refractivity contribution in [3.05, 3.63) is 38.3 Å². The van der Waals surface area contributed by atoms with E-state index in [0.717, 1.165) is 37.4 Å². The van der Waals surface area contributed by atoms with Gasteiger partial charge in [0.2, 0.25) is 0 Å². The van der Waals surface area contributed by atoms with Gasteiger partial charge in [-0.25, -0.2) is 0 Å². The Morgan fingerprint density at radius 2 is 2.20 bits per heavy atom. The van der Waals surface area contributed by atoms with Crippen molar-refractivity contribution in [3.8, 4) is 0 Å². The molecule has 1 saturated heterocycles. The normalized spacial score (nSPS) is 19.6. The van der Waals surface area contributed by atoms with E-state index in [4.69, 9.17) is 0 Å². The van der Waals surface area contributed by atoms with Gasteiger partial charge >= 0.3 is 0 Å². The number of benzene rings is 1. The summed E-state index contributed by atoms with van der Waals surface area (Å²) in [5.74, 6) is 1.12. The molecule has 0 aromatic heterocycles. The third-order valence-corrected chi connectivity index (χ3v) is 5.59. The van der Waals surface area contributed by atoms with Gasteiger partial charge in [0.05, 0.1) is 9.40 Å². The predicted octanol–water partition coefficient (Wildman–Crippen LogP) is 4.07. The van der Waals surface area contributed by atoms with Crippen LogP contribution in [0.2, 0.25) is 0 Å². The molecule has 4 nitrogen and oxygen atoms in total. The van der Waals surface area contributed by atoms with Crippen LogP contribution in [0.3, 0.4) is 0 Å². The number of nitrogens with zero attached hydrogens (tertiary/aromatic N) is 2. The van der Waals surface area contributed by atoms with Gasteiger partial charge in [-0.1, -0.05) is 19.9 Å². The van der Waals surface area contributed by atoms with Crippen molar-refractivity contribution in [1.29, 1.82) is 0 Å². The first kappa shape index (κ1) is 15.8. The van der Waals surface area contributed by atoms with E-state index < -0.39 is 0 Å². The molecule has 0 spiro atoms. The Balaban J connectivity index is 2.06. The highest BCUT2D eigenvalue weighted by molar-refractivity contribution is 9.10. The summed E-state index contributed by atoms with van der Waals surface area (Å²) in [5.41, 5.74) is 1.15. The van der Waals surface area contributed by atoms with Gasteiger partial charge in [-0.15, -0.1) is 0 Å². The fraction of sp³-hybridized carbons (Fsp3) is 0.571. The van der Waals surface area contributed by atoms with E-state index in [1.165, 1.54) is 0 Å². The molecule has 0 radical (unpaired) electrons. The molecule has 0 amide bonds. The average molecular weight is 359 g/mol. The Labute approximate surface area is 132 Å². The van der Waals surface area contributed by atoms with E-state index in [2.05, 4.69) is 34.7 Å². The third kappa shape index (κ3) is 4.20. The maximum Gasteiger partial charge on any atom is 0.283 e. The molecule has 1 heterocycles. The molecule has 1 aromatic rings. The lowest BCUT2D eigenvalue weighted by Crippen LogP contribution is -2.26. The van der Waals surface area contributed by atoms with Gasteiger partial charge in [0.15, 0.2) is 0 Å². The molecule has 0 bridgehead atoms. The molecular formula is C14H19BrN2O2S. The van der Waals surface area contributed by atoms with Gasteiger partial charge in [-0.3, -0.25) is 15.0 Å². The first-order valence-corrected chi connectivity index (χ1v) is 8.44. The summed E-state index contributed by atoms with van der Waals surface area (Å²) in [6.07, 6.45) is 1.15. The van der Waals surface area contributed by atoms with Crippen molar-refractivity contribution >= 4 is 33.4 Å². The topological polar surface area (TPSA) is 46.4 Å². The molecule has 0 N–H and O–H groups in total. The van der Waals surface area contributed by atoms with Crippen LogP contribution < -0.4 is 0 Å². The van der Waals surface area contributed by atoms with Crippen LogP contribution in [0.5, 0.6) is 0 Å². The highest BCUT2D eigenvalue weighted by Crippen LogP contribution is 2.31. The van der Waals surface area contributed by atoms with Crippen molar-refractivity contribution in [2.24, 2.45) is 0 Å². The van der Waals surface area contributed by atoms with Gasteiger partial charge in [-0.2, -0.15) is 11.8 Å². The second kappa shape index (κ2) is 6.45. The number of nitro groups is 1. The predicted molar refractivity (Wildman–Crippen MR) is 87.2 cm³/mol. The molecule has 6 heteroatoms. The van der Waals surface area contributed by atoms with Crippen LogP contribution in [-0.2, 0) is 6.54 Å². The molecule has 20 heavy (non-hydrogen) atoms. The third-order valence-electron chi connectivity index (χ3n) is 3.54. The smallest absolute Gasteiger partial charge is 0.283 e. The van der Waals surface area contributed by atoms with Crippen LogP contribution in [0.1, 0.15) is 25.8 Å². The lowest BCUT2D eigenvalue weighted by atomic mass is 10.1. The summed E-state index contributed by atoms with van der Waals surface area (Å²) >= 11 is 5.23. The summed E-state index contributed by atoms with van der Waals surface area (Å²) in [7, 11) is 0. The minimum absolute atomic E-state index is 0.145. The van der Waals surface area contributed by atoms with Crippen LogP contribution in [0.4, 0.5) is 5.69 Å². The van der Waals surface area contributed by atoms with E-state index in [-0.39, 0.29) is 10.6 Å². The molecule has 2 rings (SSSR count). The Morgan fingerprint density at radius 3 is 2.90 bits per heavy atom. The SMILES string of the molecule is CC1(C)CCN(Cc2ccc(Br)c([N+](=O)[O-])c2)CCS1. The molecule has 1 fully saturated rings.